The summed E-state index contributed by atoms with van der Waals surface area (Å²) in [4.78, 5) is 4.70. The van der Waals surface area contributed by atoms with Crippen molar-refractivity contribution in [1.82, 2.24) is 4.98 Å². The predicted molar refractivity (Wildman–Crippen MR) is 104 cm³/mol. The molecule has 0 amide bonds. The van der Waals surface area contributed by atoms with Gasteiger partial charge in [0.1, 0.15) is 10.8 Å². The Morgan fingerprint density at radius 1 is 1.08 bits per heavy atom. The predicted octanol–water partition coefficient (Wildman–Crippen LogP) is 6.53. The minimum absolute atomic E-state index is 0.105. The highest BCUT2D eigenvalue weighted by Gasteiger charge is 2.22. The lowest BCUT2D eigenvalue weighted by atomic mass is 9.79. The molecule has 3 aromatic rings. The number of phenols is 1. The van der Waals surface area contributed by atoms with Crippen LogP contribution in [0.1, 0.15) is 52.0 Å². The van der Waals surface area contributed by atoms with Crippen LogP contribution < -0.4 is 0 Å². The lowest BCUT2D eigenvalue weighted by molar-refractivity contribution is 0.447. The summed E-state index contributed by atoms with van der Waals surface area (Å²) in [5, 5.41) is 11.2. The SMILES string of the molecule is CCCCCC(C)(C)c1ccc(O)c(-c2nc3ccccc3s2)c1. The first-order valence-electron chi connectivity index (χ1n) is 8.71. The first-order valence-corrected chi connectivity index (χ1v) is 9.52. The van der Waals surface area contributed by atoms with Crippen LogP contribution in [0.5, 0.6) is 5.75 Å². The second kappa shape index (κ2) is 6.94. The third kappa shape index (κ3) is 3.46. The molecule has 0 fully saturated rings. The third-order valence-electron chi connectivity index (χ3n) is 4.71. The van der Waals surface area contributed by atoms with Crippen molar-refractivity contribution in [3.63, 3.8) is 0 Å². The maximum atomic E-state index is 10.4. The number of aromatic hydroxyl groups is 1. The number of benzene rings is 2. The molecule has 1 aromatic heterocycles. The van der Waals surface area contributed by atoms with Crippen LogP contribution in [0.25, 0.3) is 20.8 Å². The van der Waals surface area contributed by atoms with Crippen LogP contribution in [0.15, 0.2) is 42.5 Å². The van der Waals surface area contributed by atoms with Crippen LogP contribution in [-0.2, 0) is 5.41 Å². The Labute approximate surface area is 148 Å². The van der Waals surface area contributed by atoms with Gasteiger partial charge in [-0.3, -0.25) is 0 Å². The molecule has 0 bridgehead atoms. The first kappa shape index (κ1) is 17.0. The molecule has 0 saturated heterocycles. The van der Waals surface area contributed by atoms with Gasteiger partial charge >= 0.3 is 0 Å². The van der Waals surface area contributed by atoms with Gasteiger partial charge < -0.3 is 5.11 Å². The molecule has 1 heterocycles. The summed E-state index contributed by atoms with van der Waals surface area (Å²) in [6.45, 7) is 6.81. The fraction of sp³-hybridized carbons (Fsp3) is 0.381. The third-order valence-corrected chi connectivity index (χ3v) is 5.78. The molecule has 0 aliphatic rings. The van der Waals surface area contributed by atoms with Crippen molar-refractivity contribution < 1.29 is 5.11 Å². The van der Waals surface area contributed by atoms with Crippen LogP contribution in [0, 0.1) is 0 Å². The maximum absolute atomic E-state index is 10.4. The average molecular weight is 340 g/mol. The van der Waals surface area contributed by atoms with Gasteiger partial charge in [0, 0.05) is 0 Å². The summed E-state index contributed by atoms with van der Waals surface area (Å²) >= 11 is 1.63. The minimum atomic E-state index is 0.105. The summed E-state index contributed by atoms with van der Waals surface area (Å²) in [5.41, 5.74) is 3.21. The van der Waals surface area contributed by atoms with E-state index in [1.54, 1.807) is 11.3 Å². The monoisotopic (exact) mass is 339 g/mol. The number of phenolic OH excluding ortho intramolecular Hbond substituents is 1. The second-order valence-electron chi connectivity index (χ2n) is 7.06. The number of fused-ring (bicyclic) bond motifs is 1. The zero-order valence-corrected chi connectivity index (χ0v) is 15.5. The highest BCUT2D eigenvalue weighted by molar-refractivity contribution is 7.21. The van der Waals surface area contributed by atoms with Crippen LogP contribution >= 0.6 is 11.3 Å². The van der Waals surface area contributed by atoms with E-state index in [4.69, 9.17) is 4.98 Å². The minimum Gasteiger partial charge on any atom is -0.507 e. The first-order chi connectivity index (χ1) is 11.5. The zero-order valence-electron chi connectivity index (χ0n) is 14.7. The molecule has 1 N–H and O–H groups in total. The van der Waals surface area contributed by atoms with Crippen molar-refractivity contribution in [2.75, 3.05) is 0 Å². The molecule has 0 saturated carbocycles. The summed E-state index contributed by atoms with van der Waals surface area (Å²) in [6.07, 6.45) is 4.90. The van der Waals surface area contributed by atoms with E-state index in [1.807, 2.05) is 24.3 Å². The summed E-state index contributed by atoms with van der Waals surface area (Å²) in [7, 11) is 0. The number of nitrogens with zero attached hydrogens (tertiary/aromatic N) is 1. The number of hydrogen-bond acceptors (Lipinski definition) is 3. The van der Waals surface area contributed by atoms with Crippen LogP contribution in [0.3, 0.4) is 0 Å². The fourth-order valence-corrected chi connectivity index (χ4v) is 4.07. The normalized spacial score (nSPS) is 12.0. The lowest BCUT2D eigenvalue weighted by Crippen LogP contribution is -2.17. The number of para-hydroxylation sites is 1. The average Bonchev–Trinajstić information content (AvgIpc) is 2.99. The Morgan fingerprint density at radius 3 is 2.62 bits per heavy atom. The van der Waals surface area contributed by atoms with Crippen LogP contribution in [0.2, 0.25) is 0 Å². The molecule has 0 atom stereocenters. The second-order valence-corrected chi connectivity index (χ2v) is 8.09. The lowest BCUT2D eigenvalue weighted by Gasteiger charge is -2.26. The van der Waals surface area contributed by atoms with Gasteiger partial charge in [0.15, 0.2) is 0 Å². The van der Waals surface area contributed by atoms with E-state index in [2.05, 4.69) is 39.0 Å². The van der Waals surface area contributed by atoms with E-state index < -0.39 is 0 Å². The van der Waals surface area contributed by atoms with Crippen LogP contribution in [0.4, 0.5) is 0 Å². The van der Waals surface area contributed by atoms with Gasteiger partial charge in [-0.1, -0.05) is 58.2 Å². The Bertz CT molecular complexity index is 802. The molecule has 0 aliphatic carbocycles. The maximum Gasteiger partial charge on any atom is 0.128 e. The van der Waals surface area contributed by atoms with E-state index in [1.165, 1.54) is 24.8 Å². The topological polar surface area (TPSA) is 33.1 Å². The van der Waals surface area contributed by atoms with Gasteiger partial charge in [0.2, 0.25) is 0 Å². The summed E-state index contributed by atoms with van der Waals surface area (Å²) in [6, 6.07) is 14.1. The number of unbranched alkanes of at least 4 members (excludes halogenated alkanes) is 2. The Balaban J connectivity index is 1.96. The van der Waals surface area contributed by atoms with Crippen molar-refractivity contribution in [2.45, 2.75) is 51.9 Å². The highest BCUT2D eigenvalue weighted by Crippen LogP contribution is 2.39. The molecule has 0 radical (unpaired) electrons. The molecule has 0 unspecified atom stereocenters. The molecule has 2 aromatic carbocycles. The Hall–Kier alpha value is -1.87. The van der Waals surface area contributed by atoms with Crippen molar-refractivity contribution in [3.05, 3.63) is 48.0 Å². The number of rotatable bonds is 6. The molecular formula is C21H25NOS. The molecule has 3 heteroatoms. The van der Waals surface area contributed by atoms with E-state index in [-0.39, 0.29) is 5.41 Å². The van der Waals surface area contributed by atoms with E-state index in [9.17, 15) is 5.11 Å². The quantitative estimate of drug-likeness (QED) is 0.518. The molecule has 0 spiro atoms. The summed E-state index contributed by atoms with van der Waals surface area (Å²) in [5.74, 6) is 0.308. The number of hydrogen-bond donors (Lipinski definition) is 1. The van der Waals surface area contributed by atoms with Crippen LogP contribution in [-0.4, -0.2) is 10.1 Å². The van der Waals surface area contributed by atoms with E-state index in [0.717, 1.165) is 27.2 Å². The Morgan fingerprint density at radius 2 is 1.88 bits per heavy atom. The number of aromatic nitrogens is 1. The number of thiazole rings is 1. The Kier molecular flexibility index (Phi) is 4.91. The van der Waals surface area contributed by atoms with Crippen molar-refractivity contribution in [1.29, 1.82) is 0 Å². The van der Waals surface area contributed by atoms with Gasteiger partial charge in [-0.05, 0) is 41.7 Å². The van der Waals surface area contributed by atoms with Crippen molar-refractivity contribution in [3.8, 4) is 16.3 Å². The largest absolute Gasteiger partial charge is 0.507 e. The van der Waals surface area contributed by atoms with Crippen molar-refractivity contribution in [2.24, 2.45) is 0 Å². The zero-order chi connectivity index (χ0) is 17.2. The molecular weight excluding hydrogens is 314 g/mol. The molecule has 24 heavy (non-hydrogen) atoms. The highest BCUT2D eigenvalue weighted by atomic mass is 32.1. The molecule has 0 aliphatic heterocycles. The molecule has 126 valence electrons. The molecule has 3 rings (SSSR count). The van der Waals surface area contributed by atoms with Crippen molar-refractivity contribution >= 4 is 21.6 Å². The van der Waals surface area contributed by atoms with Gasteiger partial charge in [-0.2, -0.15) is 0 Å². The standard InChI is InChI=1S/C21H25NOS/c1-4-5-8-13-21(2,3)15-11-12-18(23)16(14-15)20-22-17-9-6-7-10-19(17)24-20/h6-7,9-12,14,23H,4-5,8,13H2,1-3H3. The van der Waals surface area contributed by atoms with Gasteiger partial charge in [0.25, 0.3) is 0 Å². The fourth-order valence-electron chi connectivity index (χ4n) is 3.08. The molecule has 2 nitrogen and oxygen atoms in total. The van der Waals surface area contributed by atoms with Gasteiger partial charge in [-0.15, -0.1) is 11.3 Å². The van der Waals surface area contributed by atoms with Gasteiger partial charge in [-0.25, -0.2) is 4.98 Å². The summed E-state index contributed by atoms with van der Waals surface area (Å²) < 4.78 is 1.15. The smallest absolute Gasteiger partial charge is 0.128 e. The van der Waals surface area contributed by atoms with E-state index in [0.29, 0.717) is 5.75 Å². The van der Waals surface area contributed by atoms with Gasteiger partial charge in [0.05, 0.1) is 15.8 Å². The van der Waals surface area contributed by atoms with E-state index >= 15 is 0 Å².